The number of piperazine rings is 1. The Kier molecular flexibility index (Phi) is 4.21. The summed E-state index contributed by atoms with van der Waals surface area (Å²) in [4.78, 5) is 21.6. The number of rotatable bonds is 3. The number of pyridine rings is 1. The smallest absolute Gasteiger partial charge is 0.274 e. The second-order valence-corrected chi connectivity index (χ2v) is 8.28. The van der Waals surface area contributed by atoms with Gasteiger partial charge in [0.25, 0.3) is 5.91 Å². The largest absolute Gasteiger partial charge is 0.353 e. The first-order valence-corrected chi connectivity index (χ1v) is 9.49. The molecule has 1 aliphatic heterocycles. The molecule has 138 valence electrons. The minimum absolute atomic E-state index is 0.0515. The molecule has 0 N–H and O–H groups in total. The Hall–Kier alpha value is -2.37. The highest BCUT2D eigenvalue weighted by Crippen LogP contribution is 2.41. The number of carbonyl (C=O) groups excluding carboxylic acids is 1. The van der Waals surface area contributed by atoms with Crippen LogP contribution in [-0.4, -0.2) is 51.8 Å². The Morgan fingerprint density at radius 2 is 1.85 bits per heavy atom. The lowest BCUT2D eigenvalue weighted by atomic mass is 10.1. The predicted octanol–water partition coefficient (Wildman–Crippen LogP) is 2.87. The van der Waals surface area contributed by atoms with E-state index in [2.05, 4.69) is 35.3 Å². The summed E-state index contributed by atoms with van der Waals surface area (Å²) >= 11 is 0. The lowest BCUT2D eigenvalue weighted by Crippen LogP contribution is -2.49. The van der Waals surface area contributed by atoms with Crippen molar-refractivity contribution in [2.24, 2.45) is 0 Å². The summed E-state index contributed by atoms with van der Waals surface area (Å²) in [5, 5.41) is 4.69. The van der Waals surface area contributed by atoms with Crippen molar-refractivity contribution in [3.05, 3.63) is 41.9 Å². The topological polar surface area (TPSA) is 54.3 Å². The number of carbonyl (C=O) groups is 1. The van der Waals surface area contributed by atoms with Crippen LogP contribution in [0.3, 0.4) is 0 Å². The monoisotopic (exact) mass is 353 g/mol. The van der Waals surface area contributed by atoms with E-state index in [0.717, 1.165) is 18.9 Å². The lowest BCUT2D eigenvalue weighted by Gasteiger charge is -2.35. The van der Waals surface area contributed by atoms with Crippen LogP contribution in [0.15, 0.2) is 30.5 Å². The summed E-state index contributed by atoms with van der Waals surface area (Å²) in [5.41, 5.74) is 1.70. The Bertz CT molecular complexity index is 780. The molecule has 2 aromatic rings. The van der Waals surface area contributed by atoms with Crippen molar-refractivity contribution in [1.82, 2.24) is 19.7 Å². The number of hydrogen-bond acceptors (Lipinski definition) is 4. The summed E-state index contributed by atoms with van der Waals surface area (Å²) in [6.45, 7) is 9.45. The van der Waals surface area contributed by atoms with E-state index in [1.54, 1.807) is 0 Å². The van der Waals surface area contributed by atoms with Gasteiger partial charge in [-0.3, -0.25) is 9.48 Å². The summed E-state index contributed by atoms with van der Waals surface area (Å²) in [6, 6.07) is 7.96. The van der Waals surface area contributed by atoms with Crippen molar-refractivity contribution >= 4 is 11.7 Å². The maximum Gasteiger partial charge on any atom is 0.274 e. The molecule has 0 radical (unpaired) electrons. The molecule has 1 amide bonds. The summed E-state index contributed by atoms with van der Waals surface area (Å²) in [5.74, 6) is 1.60. The van der Waals surface area contributed by atoms with E-state index in [4.69, 9.17) is 5.10 Å². The van der Waals surface area contributed by atoms with Gasteiger partial charge in [0.05, 0.1) is 5.54 Å². The fourth-order valence-corrected chi connectivity index (χ4v) is 3.55. The van der Waals surface area contributed by atoms with Crippen LogP contribution < -0.4 is 4.90 Å². The second kappa shape index (κ2) is 6.41. The molecule has 4 rings (SSSR count). The third-order valence-corrected chi connectivity index (χ3v) is 5.13. The molecule has 0 bridgehead atoms. The zero-order valence-electron chi connectivity index (χ0n) is 15.9. The zero-order chi connectivity index (χ0) is 18.3. The highest BCUT2D eigenvalue weighted by Gasteiger charge is 2.33. The van der Waals surface area contributed by atoms with Gasteiger partial charge in [0.1, 0.15) is 5.82 Å². The number of amides is 1. The SMILES string of the molecule is CC(C)(C)n1nc(C(=O)N2CCN(c3ccccn3)CC2)cc1C1CC1. The molecular formula is C20H27N5O. The first-order valence-electron chi connectivity index (χ1n) is 9.49. The van der Waals surface area contributed by atoms with Gasteiger partial charge >= 0.3 is 0 Å². The molecule has 2 fully saturated rings. The summed E-state index contributed by atoms with van der Waals surface area (Å²) in [7, 11) is 0. The van der Waals surface area contributed by atoms with Gasteiger partial charge in [0.2, 0.25) is 0 Å². The highest BCUT2D eigenvalue weighted by atomic mass is 16.2. The first kappa shape index (κ1) is 17.1. The molecule has 3 heterocycles. The molecular weight excluding hydrogens is 326 g/mol. The average Bonchev–Trinajstić information content (AvgIpc) is 3.39. The van der Waals surface area contributed by atoms with Gasteiger partial charge in [-0.1, -0.05) is 6.07 Å². The molecule has 0 atom stereocenters. The predicted molar refractivity (Wildman–Crippen MR) is 102 cm³/mol. The van der Waals surface area contributed by atoms with E-state index in [1.807, 2.05) is 35.4 Å². The molecule has 0 unspecified atom stereocenters. The summed E-state index contributed by atoms with van der Waals surface area (Å²) < 4.78 is 2.06. The van der Waals surface area contributed by atoms with Crippen LogP contribution in [0, 0.1) is 0 Å². The maximum absolute atomic E-state index is 13.0. The Morgan fingerprint density at radius 3 is 2.42 bits per heavy atom. The van der Waals surface area contributed by atoms with E-state index in [-0.39, 0.29) is 11.4 Å². The van der Waals surface area contributed by atoms with Crippen LogP contribution in [-0.2, 0) is 5.54 Å². The van der Waals surface area contributed by atoms with Crippen molar-refractivity contribution in [2.75, 3.05) is 31.1 Å². The van der Waals surface area contributed by atoms with Crippen LogP contribution in [0.25, 0.3) is 0 Å². The normalized spacial score (nSPS) is 18.3. The van der Waals surface area contributed by atoms with Gasteiger partial charge in [-0.2, -0.15) is 5.10 Å². The zero-order valence-corrected chi connectivity index (χ0v) is 15.9. The molecule has 1 saturated carbocycles. The van der Waals surface area contributed by atoms with Crippen molar-refractivity contribution in [2.45, 2.75) is 45.1 Å². The Balaban J connectivity index is 1.47. The number of nitrogens with zero attached hydrogens (tertiary/aromatic N) is 5. The van der Waals surface area contributed by atoms with Crippen LogP contribution in [0.2, 0.25) is 0 Å². The van der Waals surface area contributed by atoms with E-state index in [9.17, 15) is 4.79 Å². The van der Waals surface area contributed by atoms with Gasteiger partial charge in [-0.15, -0.1) is 0 Å². The van der Waals surface area contributed by atoms with E-state index < -0.39 is 0 Å². The molecule has 2 aliphatic rings. The third kappa shape index (κ3) is 3.32. The molecule has 26 heavy (non-hydrogen) atoms. The van der Waals surface area contributed by atoms with Gasteiger partial charge in [-0.05, 0) is 51.8 Å². The highest BCUT2D eigenvalue weighted by molar-refractivity contribution is 5.92. The van der Waals surface area contributed by atoms with Gasteiger partial charge in [0, 0.05) is 44.0 Å². The van der Waals surface area contributed by atoms with E-state index >= 15 is 0 Å². The quantitative estimate of drug-likeness (QED) is 0.851. The van der Waals surface area contributed by atoms with Crippen molar-refractivity contribution in [1.29, 1.82) is 0 Å². The van der Waals surface area contributed by atoms with Crippen LogP contribution >= 0.6 is 0 Å². The van der Waals surface area contributed by atoms with E-state index in [0.29, 0.717) is 24.7 Å². The Morgan fingerprint density at radius 1 is 1.12 bits per heavy atom. The molecule has 1 saturated heterocycles. The Labute approximate surface area is 154 Å². The minimum Gasteiger partial charge on any atom is -0.353 e. The number of anilines is 1. The number of aromatic nitrogens is 3. The number of hydrogen-bond donors (Lipinski definition) is 0. The summed E-state index contributed by atoms with van der Waals surface area (Å²) in [6.07, 6.45) is 4.22. The average molecular weight is 353 g/mol. The molecule has 0 aromatic carbocycles. The van der Waals surface area contributed by atoms with Crippen LogP contribution in [0.5, 0.6) is 0 Å². The molecule has 2 aromatic heterocycles. The van der Waals surface area contributed by atoms with Crippen LogP contribution in [0.4, 0.5) is 5.82 Å². The van der Waals surface area contributed by atoms with Crippen LogP contribution in [0.1, 0.15) is 55.7 Å². The minimum atomic E-state index is -0.103. The maximum atomic E-state index is 13.0. The van der Waals surface area contributed by atoms with E-state index in [1.165, 1.54) is 18.5 Å². The molecule has 6 heteroatoms. The van der Waals surface area contributed by atoms with Crippen molar-refractivity contribution in [3.63, 3.8) is 0 Å². The lowest BCUT2D eigenvalue weighted by molar-refractivity contribution is 0.0739. The van der Waals surface area contributed by atoms with Gasteiger partial charge in [0.15, 0.2) is 5.69 Å². The molecule has 6 nitrogen and oxygen atoms in total. The van der Waals surface area contributed by atoms with Crippen molar-refractivity contribution < 1.29 is 4.79 Å². The van der Waals surface area contributed by atoms with Gasteiger partial charge < -0.3 is 9.80 Å². The first-order chi connectivity index (χ1) is 12.4. The molecule has 1 aliphatic carbocycles. The fraction of sp³-hybridized carbons (Fsp3) is 0.550. The van der Waals surface area contributed by atoms with Gasteiger partial charge in [-0.25, -0.2) is 4.98 Å². The molecule has 0 spiro atoms. The standard InChI is InChI=1S/C20H27N5O/c1-20(2,3)25-17(15-7-8-15)14-16(22-25)19(26)24-12-10-23(11-13-24)18-6-4-5-9-21-18/h4-6,9,14-15H,7-8,10-13H2,1-3H3. The third-order valence-electron chi connectivity index (χ3n) is 5.13. The fourth-order valence-electron chi connectivity index (χ4n) is 3.55. The second-order valence-electron chi connectivity index (χ2n) is 8.28. The van der Waals surface area contributed by atoms with Crippen molar-refractivity contribution in [3.8, 4) is 0 Å².